The minimum atomic E-state index is -0.449. The second-order valence-corrected chi connectivity index (χ2v) is 10.9. The normalized spacial score (nSPS) is 20.5. The van der Waals surface area contributed by atoms with Crippen molar-refractivity contribution in [2.75, 3.05) is 0 Å². The number of thiophene rings is 1. The van der Waals surface area contributed by atoms with Crippen LogP contribution in [0.5, 0.6) is 0 Å². The Balaban J connectivity index is 0.000000956. The standard InChI is InChI=1S/C25H28ClN5O2S.2C2H6/c1-13-14(2)34-25-22(13)23(16-4-6-17(26)7-5-16)28-20(24-30-29-15(3)31(24)25)12-21(33)27-18-8-10-19(32)11-9-18;2*1-2/h4,6-7,16,18,20H,5,8-12H2,1-3H3,(H,27,33);2*1-2H3. The van der Waals surface area contributed by atoms with E-state index in [-0.39, 0.29) is 30.1 Å². The Morgan fingerprint density at radius 3 is 2.45 bits per heavy atom. The summed E-state index contributed by atoms with van der Waals surface area (Å²) in [4.78, 5) is 31.1. The molecule has 7 nitrogen and oxygen atoms in total. The molecule has 5 rings (SSSR count). The van der Waals surface area contributed by atoms with Gasteiger partial charge in [0.1, 0.15) is 22.7 Å². The first-order valence-corrected chi connectivity index (χ1v) is 15.0. The van der Waals surface area contributed by atoms with Crippen LogP contribution in [0.1, 0.15) is 99.9 Å². The molecule has 38 heavy (non-hydrogen) atoms. The minimum absolute atomic E-state index is 0.0408. The van der Waals surface area contributed by atoms with Crippen LogP contribution in [0.3, 0.4) is 0 Å². The molecule has 1 fully saturated rings. The van der Waals surface area contributed by atoms with E-state index in [1.165, 1.54) is 10.4 Å². The van der Waals surface area contributed by atoms with Crippen LogP contribution in [0.4, 0.5) is 0 Å². The Morgan fingerprint density at radius 1 is 1.13 bits per heavy atom. The minimum Gasteiger partial charge on any atom is -0.353 e. The molecule has 206 valence electrons. The number of amides is 1. The Bertz CT molecular complexity index is 1250. The van der Waals surface area contributed by atoms with Crippen molar-refractivity contribution in [3.8, 4) is 5.00 Å². The fourth-order valence-corrected chi connectivity index (χ4v) is 6.35. The summed E-state index contributed by atoms with van der Waals surface area (Å²) in [5, 5.41) is 13.7. The van der Waals surface area contributed by atoms with Crippen LogP contribution in [0.2, 0.25) is 0 Å². The highest BCUT2D eigenvalue weighted by Gasteiger charge is 2.34. The number of ketones is 1. The van der Waals surface area contributed by atoms with Crippen molar-refractivity contribution in [3.63, 3.8) is 0 Å². The number of aliphatic imine (C=N–C) groups is 1. The maximum atomic E-state index is 13.1. The molecule has 2 atom stereocenters. The van der Waals surface area contributed by atoms with E-state index >= 15 is 0 Å². The number of nitrogens with zero attached hydrogens (tertiary/aromatic N) is 4. The van der Waals surface area contributed by atoms with Gasteiger partial charge in [-0.1, -0.05) is 51.4 Å². The summed E-state index contributed by atoms with van der Waals surface area (Å²) in [6.45, 7) is 14.2. The zero-order chi connectivity index (χ0) is 28.0. The van der Waals surface area contributed by atoms with E-state index in [9.17, 15) is 9.59 Å². The van der Waals surface area contributed by atoms with E-state index in [4.69, 9.17) is 16.6 Å². The Morgan fingerprint density at radius 2 is 1.82 bits per heavy atom. The molecule has 0 aromatic carbocycles. The largest absolute Gasteiger partial charge is 0.353 e. The van der Waals surface area contributed by atoms with Gasteiger partial charge in [0.15, 0.2) is 5.82 Å². The van der Waals surface area contributed by atoms with Crippen LogP contribution >= 0.6 is 22.9 Å². The first-order chi connectivity index (χ1) is 18.3. The Hall–Kier alpha value is -2.58. The van der Waals surface area contributed by atoms with Gasteiger partial charge in [0.05, 0.1) is 12.1 Å². The average Bonchev–Trinajstić information content (AvgIpc) is 3.40. The second kappa shape index (κ2) is 13.5. The van der Waals surface area contributed by atoms with Crippen molar-refractivity contribution in [1.82, 2.24) is 20.1 Å². The van der Waals surface area contributed by atoms with E-state index in [1.807, 2.05) is 46.8 Å². The molecular weight excluding hydrogens is 518 g/mol. The number of allylic oxidation sites excluding steroid dienone is 4. The number of carbonyl (C=O) groups excluding carboxylic acids is 2. The van der Waals surface area contributed by atoms with Gasteiger partial charge < -0.3 is 5.32 Å². The highest BCUT2D eigenvalue weighted by Crippen LogP contribution is 2.40. The highest BCUT2D eigenvalue weighted by molar-refractivity contribution is 7.15. The number of rotatable bonds is 4. The molecule has 1 aliphatic heterocycles. The molecule has 2 aliphatic carbocycles. The van der Waals surface area contributed by atoms with Crippen molar-refractivity contribution in [2.24, 2.45) is 10.9 Å². The van der Waals surface area contributed by atoms with E-state index < -0.39 is 6.04 Å². The lowest BCUT2D eigenvalue weighted by molar-refractivity contribution is -0.125. The molecule has 2 aromatic rings. The van der Waals surface area contributed by atoms with Gasteiger partial charge in [0.2, 0.25) is 5.91 Å². The van der Waals surface area contributed by atoms with Gasteiger partial charge >= 0.3 is 0 Å². The summed E-state index contributed by atoms with van der Waals surface area (Å²) >= 11 is 7.92. The molecule has 0 spiro atoms. The molecule has 1 saturated carbocycles. The third-order valence-corrected chi connectivity index (χ3v) is 8.43. The van der Waals surface area contributed by atoms with E-state index in [1.54, 1.807) is 11.3 Å². The first-order valence-electron chi connectivity index (χ1n) is 13.8. The zero-order valence-electron chi connectivity index (χ0n) is 23.6. The molecule has 0 bridgehead atoms. The summed E-state index contributed by atoms with van der Waals surface area (Å²) in [5.74, 6) is 1.75. The van der Waals surface area contributed by atoms with Crippen LogP contribution in [-0.4, -0.2) is 38.2 Å². The molecule has 9 heteroatoms. The topological polar surface area (TPSA) is 89.2 Å². The van der Waals surface area contributed by atoms with Crippen LogP contribution in [0.15, 0.2) is 28.3 Å². The quantitative estimate of drug-likeness (QED) is 0.444. The summed E-state index contributed by atoms with van der Waals surface area (Å²) in [5.41, 5.74) is 3.28. The van der Waals surface area contributed by atoms with Gasteiger partial charge in [0, 0.05) is 40.3 Å². The van der Waals surface area contributed by atoms with Gasteiger partial charge in [-0.15, -0.1) is 21.5 Å². The first kappa shape index (κ1) is 30.0. The smallest absolute Gasteiger partial charge is 0.222 e. The number of hydrogen-bond donors (Lipinski definition) is 1. The lowest BCUT2D eigenvalue weighted by Crippen LogP contribution is -2.38. The van der Waals surface area contributed by atoms with Gasteiger partial charge in [0.25, 0.3) is 0 Å². The molecule has 3 heterocycles. The van der Waals surface area contributed by atoms with Crippen molar-refractivity contribution in [2.45, 2.75) is 99.1 Å². The Kier molecular flexibility index (Phi) is 10.6. The number of nitrogens with one attached hydrogen (secondary N) is 1. The van der Waals surface area contributed by atoms with Crippen molar-refractivity contribution in [3.05, 3.63) is 50.9 Å². The highest BCUT2D eigenvalue weighted by atomic mass is 35.5. The molecule has 3 aliphatic rings. The summed E-state index contributed by atoms with van der Waals surface area (Å²) in [6.07, 6.45) is 9.47. The number of aryl methyl sites for hydroxylation is 2. The third kappa shape index (κ3) is 6.34. The predicted octanol–water partition coefficient (Wildman–Crippen LogP) is 6.87. The third-order valence-electron chi connectivity index (χ3n) is 6.96. The SMILES string of the molecule is CC.CC.Cc1sc2c(c1C)C(C1C=CC(Cl)=CC1)=NC(CC(=O)NC1CCC(=O)CC1)c1nnc(C)n1-2. The number of carbonyl (C=O) groups is 2. The molecule has 2 aromatic heterocycles. The zero-order valence-corrected chi connectivity index (χ0v) is 25.2. The van der Waals surface area contributed by atoms with Gasteiger partial charge in [-0.05, 0) is 51.7 Å². The lowest BCUT2D eigenvalue weighted by Gasteiger charge is -2.23. The fourth-order valence-electron chi connectivity index (χ4n) is 4.97. The van der Waals surface area contributed by atoms with Crippen molar-refractivity contribution < 1.29 is 9.59 Å². The van der Waals surface area contributed by atoms with E-state index in [0.717, 1.165) is 33.6 Å². The van der Waals surface area contributed by atoms with Crippen LogP contribution in [-0.2, 0) is 9.59 Å². The lowest BCUT2D eigenvalue weighted by atomic mass is 9.89. The summed E-state index contributed by atoms with van der Waals surface area (Å²) < 4.78 is 2.07. The van der Waals surface area contributed by atoms with Gasteiger partial charge in [-0.25, -0.2) is 0 Å². The maximum Gasteiger partial charge on any atom is 0.222 e. The summed E-state index contributed by atoms with van der Waals surface area (Å²) in [7, 11) is 0. The van der Waals surface area contributed by atoms with Crippen LogP contribution < -0.4 is 5.32 Å². The molecule has 1 amide bonds. The van der Waals surface area contributed by atoms with Gasteiger partial charge in [-0.2, -0.15) is 0 Å². The fraction of sp³-hybridized carbons (Fsp3) is 0.552. The molecule has 0 saturated heterocycles. The number of aromatic nitrogens is 3. The Labute approximate surface area is 235 Å². The monoisotopic (exact) mass is 557 g/mol. The van der Waals surface area contributed by atoms with E-state index in [2.05, 4.69) is 40.0 Å². The number of fused-ring (bicyclic) bond motifs is 3. The summed E-state index contributed by atoms with van der Waals surface area (Å²) in [6, 6.07) is -0.408. The van der Waals surface area contributed by atoms with Crippen LogP contribution in [0.25, 0.3) is 5.00 Å². The number of halogens is 1. The molecule has 0 radical (unpaired) electrons. The van der Waals surface area contributed by atoms with Crippen molar-refractivity contribution >= 4 is 40.3 Å². The second-order valence-electron chi connectivity index (χ2n) is 9.31. The maximum absolute atomic E-state index is 13.1. The molecular formula is C29H40ClN5O2S. The molecule has 2 unspecified atom stereocenters. The van der Waals surface area contributed by atoms with Gasteiger partial charge in [-0.3, -0.25) is 19.1 Å². The van der Waals surface area contributed by atoms with E-state index in [0.29, 0.717) is 31.5 Å². The van der Waals surface area contributed by atoms with Crippen LogP contribution in [0, 0.1) is 26.7 Å². The predicted molar refractivity (Wildman–Crippen MR) is 157 cm³/mol. The molecule has 1 N–H and O–H groups in total. The number of hydrogen-bond acceptors (Lipinski definition) is 6. The average molecular weight is 558 g/mol. The van der Waals surface area contributed by atoms with Crippen molar-refractivity contribution in [1.29, 1.82) is 0 Å². The number of Topliss-reactive ketones (excluding diaryl/α,β-unsaturated/α-hetero) is 1.